The van der Waals surface area contributed by atoms with Crippen LogP contribution in [0.5, 0.6) is 17.2 Å². The number of methoxy groups -OCH3 is 1. The molecule has 0 saturated heterocycles. The van der Waals surface area contributed by atoms with Gasteiger partial charge in [0.15, 0.2) is 11.5 Å². The second-order valence-electron chi connectivity index (χ2n) is 5.41. The number of hydrazone groups is 1. The normalized spacial score (nSPS) is 10.4. The number of rotatable bonds is 8. The van der Waals surface area contributed by atoms with Crippen LogP contribution in [0.2, 0.25) is 0 Å². The van der Waals surface area contributed by atoms with E-state index in [4.69, 9.17) is 19.9 Å². The highest BCUT2D eigenvalue weighted by molar-refractivity contribution is 5.91. The Hall–Kier alpha value is -3.55. The Morgan fingerprint density at radius 3 is 2.52 bits per heavy atom. The van der Waals surface area contributed by atoms with Crippen molar-refractivity contribution in [1.82, 2.24) is 5.43 Å². The molecule has 3 N–H and O–H groups in total. The number of primary amides is 1. The van der Waals surface area contributed by atoms with Crippen molar-refractivity contribution in [1.29, 1.82) is 0 Å². The Morgan fingerprint density at radius 1 is 1.15 bits per heavy atom. The van der Waals surface area contributed by atoms with Crippen molar-refractivity contribution in [3.05, 3.63) is 53.6 Å². The summed E-state index contributed by atoms with van der Waals surface area (Å²) in [6.07, 6.45) is 2.29. The monoisotopic (exact) mass is 371 g/mol. The van der Waals surface area contributed by atoms with Crippen molar-refractivity contribution in [2.24, 2.45) is 10.8 Å². The molecule has 0 spiro atoms. The smallest absolute Gasteiger partial charge is 0.343 e. The average Bonchev–Trinajstić information content (AvgIpc) is 2.67. The van der Waals surface area contributed by atoms with Gasteiger partial charge >= 0.3 is 12.0 Å². The Balaban J connectivity index is 2.08. The lowest BCUT2D eigenvalue weighted by Gasteiger charge is -2.10. The fourth-order valence-corrected chi connectivity index (χ4v) is 2.09. The van der Waals surface area contributed by atoms with Crippen molar-refractivity contribution in [2.45, 2.75) is 13.3 Å². The molecule has 2 amide bonds. The van der Waals surface area contributed by atoms with E-state index in [1.165, 1.54) is 13.3 Å². The molecule has 2 aromatic carbocycles. The maximum absolute atomic E-state index is 12.3. The summed E-state index contributed by atoms with van der Waals surface area (Å²) in [5.41, 5.74) is 8.02. The summed E-state index contributed by atoms with van der Waals surface area (Å²) < 4.78 is 16.1. The van der Waals surface area contributed by atoms with Crippen LogP contribution >= 0.6 is 0 Å². The van der Waals surface area contributed by atoms with E-state index in [-0.39, 0.29) is 5.75 Å². The molecular formula is C19H21N3O5. The van der Waals surface area contributed by atoms with Gasteiger partial charge < -0.3 is 19.9 Å². The molecule has 0 aliphatic rings. The first kappa shape index (κ1) is 19.8. The number of hydrogen-bond acceptors (Lipinski definition) is 6. The molecule has 0 unspecified atom stereocenters. The fraction of sp³-hybridized carbons (Fsp3) is 0.211. The molecule has 0 heterocycles. The molecule has 0 bridgehead atoms. The number of urea groups is 1. The molecule has 0 aromatic heterocycles. The van der Waals surface area contributed by atoms with Crippen molar-refractivity contribution in [3.63, 3.8) is 0 Å². The third-order valence-electron chi connectivity index (χ3n) is 3.34. The van der Waals surface area contributed by atoms with Gasteiger partial charge in [0.25, 0.3) is 0 Å². The Kier molecular flexibility index (Phi) is 7.18. The average molecular weight is 371 g/mol. The van der Waals surface area contributed by atoms with Gasteiger partial charge in [-0.2, -0.15) is 5.10 Å². The highest BCUT2D eigenvalue weighted by atomic mass is 16.6. The van der Waals surface area contributed by atoms with Crippen molar-refractivity contribution < 1.29 is 23.8 Å². The molecule has 0 aliphatic carbocycles. The standard InChI is InChI=1S/C19H21N3O5/c1-3-10-26-15-7-5-14(6-8-15)18(23)27-16-9-4-13(11-17(16)25-2)12-21-22-19(20)24/h4-9,11-12H,3,10H2,1-2H3,(H3,20,22,24)/b21-12+. The van der Waals surface area contributed by atoms with Crippen LogP contribution in [0.25, 0.3) is 0 Å². The minimum absolute atomic E-state index is 0.258. The van der Waals surface area contributed by atoms with Crippen LogP contribution in [0.3, 0.4) is 0 Å². The molecule has 8 nitrogen and oxygen atoms in total. The number of amides is 2. The molecule has 0 atom stereocenters. The van der Waals surface area contributed by atoms with Gasteiger partial charge in [-0.3, -0.25) is 0 Å². The van der Waals surface area contributed by atoms with E-state index < -0.39 is 12.0 Å². The summed E-state index contributed by atoms with van der Waals surface area (Å²) in [4.78, 5) is 22.9. The van der Waals surface area contributed by atoms with E-state index in [1.54, 1.807) is 42.5 Å². The predicted octanol–water partition coefficient (Wildman–Crippen LogP) is 2.71. The van der Waals surface area contributed by atoms with Crippen molar-refractivity contribution in [2.75, 3.05) is 13.7 Å². The first-order valence-electron chi connectivity index (χ1n) is 8.25. The van der Waals surface area contributed by atoms with Crippen LogP contribution in [-0.4, -0.2) is 31.9 Å². The SMILES string of the molecule is CCCOc1ccc(C(=O)Oc2ccc(/C=N/NC(N)=O)cc2OC)cc1. The number of ether oxygens (including phenoxy) is 3. The van der Waals surface area contributed by atoms with E-state index in [1.807, 2.05) is 6.92 Å². The molecule has 2 aromatic rings. The topological polar surface area (TPSA) is 112 Å². The highest BCUT2D eigenvalue weighted by Gasteiger charge is 2.13. The zero-order valence-corrected chi connectivity index (χ0v) is 15.1. The number of hydrogen-bond donors (Lipinski definition) is 2. The molecule has 0 fully saturated rings. The van der Waals surface area contributed by atoms with Gasteiger partial charge in [-0.25, -0.2) is 15.0 Å². The number of nitrogens with one attached hydrogen (secondary N) is 1. The number of nitrogens with two attached hydrogens (primary N) is 1. The Bertz CT molecular complexity index is 819. The molecule has 0 saturated carbocycles. The Labute approximate surface area is 156 Å². The minimum atomic E-state index is -0.769. The summed E-state index contributed by atoms with van der Waals surface area (Å²) >= 11 is 0. The van der Waals surface area contributed by atoms with E-state index >= 15 is 0 Å². The van der Waals surface area contributed by atoms with E-state index in [9.17, 15) is 9.59 Å². The fourth-order valence-electron chi connectivity index (χ4n) is 2.09. The largest absolute Gasteiger partial charge is 0.494 e. The first-order chi connectivity index (χ1) is 13.0. The number of esters is 1. The van der Waals surface area contributed by atoms with Crippen molar-refractivity contribution >= 4 is 18.2 Å². The van der Waals surface area contributed by atoms with E-state index in [2.05, 4.69) is 10.5 Å². The van der Waals surface area contributed by atoms with Gasteiger partial charge in [-0.05, 0) is 54.4 Å². The number of carbonyl (C=O) groups is 2. The lowest BCUT2D eigenvalue weighted by atomic mass is 10.2. The molecule has 2 rings (SSSR count). The molecule has 142 valence electrons. The van der Waals surface area contributed by atoms with Crippen LogP contribution in [-0.2, 0) is 0 Å². The summed E-state index contributed by atoms with van der Waals surface area (Å²) in [6.45, 7) is 2.64. The van der Waals surface area contributed by atoms with Gasteiger partial charge in [-0.15, -0.1) is 0 Å². The van der Waals surface area contributed by atoms with Gasteiger partial charge in [0.2, 0.25) is 0 Å². The zero-order valence-electron chi connectivity index (χ0n) is 15.1. The van der Waals surface area contributed by atoms with E-state index in [0.29, 0.717) is 29.2 Å². The number of benzene rings is 2. The van der Waals surface area contributed by atoms with Crippen LogP contribution in [0.4, 0.5) is 4.79 Å². The first-order valence-corrected chi connectivity index (χ1v) is 8.25. The second kappa shape index (κ2) is 9.81. The molecule has 27 heavy (non-hydrogen) atoms. The van der Waals surface area contributed by atoms with Crippen LogP contribution in [0.15, 0.2) is 47.6 Å². The van der Waals surface area contributed by atoms with Gasteiger partial charge in [0, 0.05) is 0 Å². The van der Waals surface area contributed by atoms with Crippen LogP contribution in [0, 0.1) is 0 Å². The number of nitrogens with zero attached hydrogens (tertiary/aromatic N) is 1. The summed E-state index contributed by atoms with van der Waals surface area (Å²) in [7, 11) is 1.45. The van der Waals surface area contributed by atoms with Crippen LogP contribution in [0.1, 0.15) is 29.3 Å². The van der Waals surface area contributed by atoms with E-state index in [0.717, 1.165) is 6.42 Å². The Morgan fingerprint density at radius 2 is 1.89 bits per heavy atom. The molecule has 0 radical (unpaired) electrons. The third-order valence-corrected chi connectivity index (χ3v) is 3.34. The minimum Gasteiger partial charge on any atom is -0.494 e. The van der Waals surface area contributed by atoms with Gasteiger partial charge in [0.1, 0.15) is 5.75 Å². The maximum atomic E-state index is 12.3. The van der Waals surface area contributed by atoms with Gasteiger partial charge in [0.05, 0.1) is 25.5 Å². The summed E-state index contributed by atoms with van der Waals surface area (Å²) in [5, 5.41) is 3.66. The predicted molar refractivity (Wildman–Crippen MR) is 100 cm³/mol. The maximum Gasteiger partial charge on any atom is 0.343 e. The lowest BCUT2D eigenvalue weighted by molar-refractivity contribution is 0.0729. The molecular weight excluding hydrogens is 350 g/mol. The third kappa shape index (κ3) is 6.03. The van der Waals surface area contributed by atoms with Crippen LogP contribution < -0.4 is 25.4 Å². The highest BCUT2D eigenvalue weighted by Crippen LogP contribution is 2.28. The quantitative estimate of drug-likeness (QED) is 0.321. The molecule has 0 aliphatic heterocycles. The number of carbonyl (C=O) groups excluding carboxylic acids is 2. The zero-order chi connectivity index (χ0) is 19.6. The summed E-state index contributed by atoms with van der Waals surface area (Å²) in [6, 6.07) is 10.8. The van der Waals surface area contributed by atoms with Gasteiger partial charge in [-0.1, -0.05) is 6.92 Å². The van der Waals surface area contributed by atoms with Crippen molar-refractivity contribution in [3.8, 4) is 17.2 Å². The molecule has 8 heteroatoms. The second-order valence-corrected chi connectivity index (χ2v) is 5.41. The lowest BCUT2D eigenvalue weighted by Crippen LogP contribution is -2.24. The summed E-state index contributed by atoms with van der Waals surface area (Å²) in [5.74, 6) is 0.773.